The summed E-state index contributed by atoms with van der Waals surface area (Å²) in [6.45, 7) is 9.43. The molecule has 4 rings (SSSR count). The fourth-order valence-electron chi connectivity index (χ4n) is 3.16. The van der Waals surface area contributed by atoms with Crippen LogP contribution in [0.1, 0.15) is 37.1 Å². The van der Waals surface area contributed by atoms with Crippen molar-refractivity contribution in [1.29, 1.82) is 0 Å². The van der Waals surface area contributed by atoms with Gasteiger partial charge in [0.25, 0.3) is 0 Å². The largest absolute Gasteiger partial charge is 0.338 e. The van der Waals surface area contributed by atoms with Crippen LogP contribution in [0.15, 0.2) is 12.1 Å². The zero-order valence-corrected chi connectivity index (χ0v) is 14.4. The highest BCUT2D eigenvalue weighted by Gasteiger charge is 2.25. The molecular weight excluding hydrogens is 302 g/mol. The number of likely N-dealkylation sites (N-methyl/N-ethyl adjacent to an activating group) is 1. The number of aromatic amines is 1. The molecule has 1 saturated carbocycles. The molecule has 1 aliphatic heterocycles. The van der Waals surface area contributed by atoms with Crippen molar-refractivity contribution in [2.24, 2.45) is 0 Å². The van der Waals surface area contributed by atoms with E-state index in [1.54, 1.807) is 0 Å². The highest BCUT2D eigenvalue weighted by Crippen LogP contribution is 2.39. The summed E-state index contributed by atoms with van der Waals surface area (Å²) in [5.41, 5.74) is 2.19. The zero-order chi connectivity index (χ0) is 16.5. The zero-order valence-electron chi connectivity index (χ0n) is 14.4. The van der Waals surface area contributed by atoms with E-state index in [4.69, 9.17) is 4.98 Å². The number of rotatable bonds is 5. The number of nitrogens with zero attached hydrogens (tertiary/aromatic N) is 5. The number of hydrogen-bond acceptors (Lipinski definition) is 6. The third-order valence-corrected chi connectivity index (χ3v) is 4.82. The van der Waals surface area contributed by atoms with Gasteiger partial charge in [-0.1, -0.05) is 6.92 Å². The summed E-state index contributed by atoms with van der Waals surface area (Å²) >= 11 is 0. The van der Waals surface area contributed by atoms with E-state index in [-0.39, 0.29) is 0 Å². The topological polar surface area (TPSA) is 73.0 Å². The quantitative estimate of drug-likeness (QED) is 0.878. The summed E-state index contributed by atoms with van der Waals surface area (Å²) in [5, 5.41) is 10.8. The number of piperazine rings is 1. The fraction of sp³-hybridized carbons (Fsp3) is 0.588. The normalized spacial score (nSPS) is 18.8. The second-order valence-corrected chi connectivity index (χ2v) is 6.72. The molecule has 1 saturated heterocycles. The molecule has 2 aliphatic rings. The van der Waals surface area contributed by atoms with Gasteiger partial charge in [-0.25, -0.2) is 4.98 Å². The first-order chi connectivity index (χ1) is 11.7. The minimum absolute atomic E-state index is 0.672. The Morgan fingerprint density at radius 2 is 1.92 bits per heavy atom. The van der Waals surface area contributed by atoms with Crippen LogP contribution in [0, 0.1) is 6.92 Å². The molecule has 0 aromatic carbocycles. The highest BCUT2D eigenvalue weighted by molar-refractivity contribution is 5.54. The minimum Gasteiger partial charge on any atom is -0.338 e. The number of H-pyrrole nitrogens is 1. The summed E-state index contributed by atoms with van der Waals surface area (Å²) in [6, 6.07) is 4.06. The first-order valence-electron chi connectivity index (χ1n) is 8.86. The number of anilines is 3. The van der Waals surface area contributed by atoms with Crippen LogP contribution in [-0.4, -0.2) is 57.8 Å². The predicted molar refractivity (Wildman–Crippen MR) is 94.9 cm³/mol. The summed E-state index contributed by atoms with van der Waals surface area (Å²) in [7, 11) is 0. The van der Waals surface area contributed by atoms with E-state index in [0.29, 0.717) is 5.92 Å². The molecule has 2 aromatic rings. The number of hydrogen-bond donors (Lipinski definition) is 2. The molecule has 0 amide bonds. The Balaban J connectivity index is 1.48. The number of aromatic nitrogens is 4. The average Bonchev–Trinajstić information content (AvgIpc) is 3.34. The maximum absolute atomic E-state index is 4.70. The van der Waals surface area contributed by atoms with E-state index in [9.17, 15) is 0 Å². The van der Waals surface area contributed by atoms with Gasteiger partial charge in [0.15, 0.2) is 5.82 Å². The van der Waals surface area contributed by atoms with Crippen LogP contribution in [-0.2, 0) is 0 Å². The van der Waals surface area contributed by atoms with Crippen LogP contribution in [0.3, 0.4) is 0 Å². The van der Waals surface area contributed by atoms with E-state index < -0.39 is 0 Å². The lowest BCUT2D eigenvalue weighted by Crippen LogP contribution is -2.46. The van der Waals surface area contributed by atoms with Gasteiger partial charge in [0.1, 0.15) is 5.82 Å². The second kappa shape index (κ2) is 6.39. The summed E-state index contributed by atoms with van der Waals surface area (Å²) in [5.74, 6) is 3.12. The Morgan fingerprint density at radius 3 is 2.62 bits per heavy atom. The van der Waals surface area contributed by atoms with Crippen molar-refractivity contribution in [2.45, 2.75) is 32.6 Å². The summed E-state index contributed by atoms with van der Waals surface area (Å²) < 4.78 is 0. The van der Waals surface area contributed by atoms with Crippen LogP contribution in [0.2, 0.25) is 0 Å². The Morgan fingerprint density at radius 1 is 1.12 bits per heavy atom. The van der Waals surface area contributed by atoms with Gasteiger partial charge in [-0.15, -0.1) is 0 Å². The van der Waals surface area contributed by atoms with Crippen LogP contribution in [0.5, 0.6) is 0 Å². The molecule has 7 heteroatoms. The lowest BCUT2D eigenvalue weighted by Gasteiger charge is -2.34. The lowest BCUT2D eigenvalue weighted by molar-refractivity contribution is 0.270. The first kappa shape index (κ1) is 15.4. The Labute approximate surface area is 142 Å². The van der Waals surface area contributed by atoms with Crippen molar-refractivity contribution in [3.8, 4) is 0 Å². The Kier molecular flexibility index (Phi) is 4.10. The van der Waals surface area contributed by atoms with Crippen LogP contribution in [0.4, 0.5) is 17.6 Å². The van der Waals surface area contributed by atoms with Gasteiger partial charge in [-0.2, -0.15) is 10.1 Å². The second-order valence-electron chi connectivity index (χ2n) is 6.72. The molecule has 0 radical (unpaired) electrons. The SMILES string of the molecule is CCN1CCN(c2nc(C)cc(Nc3cc(C4CC4)[nH]n3)n2)CC1. The van der Waals surface area contributed by atoms with Crippen LogP contribution in [0.25, 0.3) is 0 Å². The van der Waals surface area contributed by atoms with E-state index in [0.717, 1.165) is 56.0 Å². The average molecular weight is 327 g/mol. The van der Waals surface area contributed by atoms with Crippen molar-refractivity contribution >= 4 is 17.6 Å². The molecule has 0 bridgehead atoms. The molecule has 2 aromatic heterocycles. The monoisotopic (exact) mass is 327 g/mol. The Hall–Kier alpha value is -2.15. The van der Waals surface area contributed by atoms with Gasteiger partial charge in [0, 0.05) is 55.6 Å². The van der Waals surface area contributed by atoms with Crippen molar-refractivity contribution in [3.63, 3.8) is 0 Å². The van der Waals surface area contributed by atoms with Crippen molar-refractivity contribution < 1.29 is 0 Å². The molecule has 2 N–H and O–H groups in total. The van der Waals surface area contributed by atoms with E-state index in [1.165, 1.54) is 18.5 Å². The van der Waals surface area contributed by atoms with Gasteiger partial charge in [0.2, 0.25) is 5.95 Å². The number of aryl methyl sites for hydroxylation is 1. The molecule has 0 atom stereocenters. The van der Waals surface area contributed by atoms with Crippen LogP contribution >= 0.6 is 0 Å². The van der Waals surface area contributed by atoms with Crippen molar-refractivity contribution in [1.82, 2.24) is 25.1 Å². The first-order valence-corrected chi connectivity index (χ1v) is 8.86. The lowest BCUT2D eigenvalue weighted by atomic mass is 10.3. The minimum atomic E-state index is 0.672. The van der Waals surface area contributed by atoms with E-state index >= 15 is 0 Å². The highest BCUT2D eigenvalue weighted by atomic mass is 15.3. The fourth-order valence-corrected chi connectivity index (χ4v) is 3.16. The molecule has 3 heterocycles. The standard InChI is InChI=1S/C17H25N7/c1-3-23-6-8-24(9-7-23)17-18-12(2)10-15(20-17)19-16-11-14(21-22-16)13-4-5-13/h10-11,13H,3-9H2,1-2H3,(H2,18,19,20,21,22). The number of nitrogens with one attached hydrogen (secondary N) is 2. The smallest absolute Gasteiger partial charge is 0.227 e. The van der Waals surface area contributed by atoms with Crippen LogP contribution < -0.4 is 10.2 Å². The van der Waals surface area contributed by atoms with Gasteiger partial charge < -0.3 is 15.1 Å². The third kappa shape index (κ3) is 3.36. The molecule has 24 heavy (non-hydrogen) atoms. The maximum Gasteiger partial charge on any atom is 0.227 e. The molecule has 7 nitrogen and oxygen atoms in total. The van der Waals surface area contributed by atoms with Gasteiger partial charge >= 0.3 is 0 Å². The van der Waals surface area contributed by atoms with Gasteiger partial charge in [-0.05, 0) is 26.3 Å². The Bertz CT molecular complexity index is 699. The molecule has 0 unspecified atom stereocenters. The van der Waals surface area contributed by atoms with Crippen molar-refractivity contribution in [3.05, 3.63) is 23.5 Å². The van der Waals surface area contributed by atoms with Gasteiger partial charge in [-0.3, -0.25) is 5.10 Å². The molecule has 2 fully saturated rings. The maximum atomic E-state index is 4.70. The van der Waals surface area contributed by atoms with E-state index in [2.05, 4.69) is 43.3 Å². The van der Waals surface area contributed by atoms with Gasteiger partial charge in [0.05, 0.1) is 0 Å². The summed E-state index contributed by atoms with van der Waals surface area (Å²) in [6.07, 6.45) is 2.53. The van der Waals surface area contributed by atoms with Crippen molar-refractivity contribution in [2.75, 3.05) is 42.9 Å². The third-order valence-electron chi connectivity index (χ3n) is 4.82. The van der Waals surface area contributed by atoms with E-state index in [1.807, 2.05) is 13.0 Å². The molecular formula is C17H25N7. The summed E-state index contributed by atoms with van der Waals surface area (Å²) in [4.78, 5) is 14.0. The molecule has 1 aliphatic carbocycles. The predicted octanol–water partition coefficient (Wildman–Crippen LogP) is 2.27. The molecule has 128 valence electrons. The molecule has 0 spiro atoms.